The highest BCUT2D eigenvalue weighted by Gasteiger charge is 2.51. The lowest BCUT2D eigenvalue weighted by Crippen LogP contribution is -2.33. The number of carbonyl (C=O) groups is 2. The van der Waals surface area contributed by atoms with Gasteiger partial charge in [0.15, 0.2) is 5.78 Å². The lowest BCUT2D eigenvalue weighted by Gasteiger charge is -2.16. The number of carbonyl (C=O) groups excluding carboxylic acids is 2. The van der Waals surface area contributed by atoms with E-state index in [-0.39, 0.29) is 41.1 Å². The number of anilines is 2. The maximum Gasteiger partial charge on any atom is 0.418 e. The molecule has 2 heterocycles. The second kappa shape index (κ2) is 9.57. The molecule has 12 heteroatoms. The first-order chi connectivity index (χ1) is 16.6. The molecule has 1 amide bonds. The molecule has 35 heavy (non-hydrogen) atoms. The van der Waals surface area contributed by atoms with Gasteiger partial charge in [-0.1, -0.05) is 11.6 Å². The number of alkyl halides is 3. The van der Waals surface area contributed by atoms with Crippen molar-refractivity contribution in [1.29, 1.82) is 0 Å². The molecule has 4 rings (SSSR count). The lowest BCUT2D eigenvalue weighted by molar-refractivity contribution is -0.137. The fourth-order valence-corrected chi connectivity index (χ4v) is 3.75. The van der Waals surface area contributed by atoms with Crippen molar-refractivity contribution in [2.75, 3.05) is 5.32 Å². The van der Waals surface area contributed by atoms with Crippen LogP contribution in [0.25, 0.3) is 0 Å². The summed E-state index contributed by atoms with van der Waals surface area (Å²) in [6, 6.07) is 3.62. The Bertz CT molecular complexity index is 1270. The molecule has 0 bridgehead atoms. The Kier molecular flexibility index (Phi) is 6.70. The van der Waals surface area contributed by atoms with Crippen LogP contribution in [-0.2, 0) is 17.5 Å². The van der Waals surface area contributed by atoms with Crippen LogP contribution in [0, 0.1) is 11.2 Å². The van der Waals surface area contributed by atoms with Crippen LogP contribution in [0.3, 0.4) is 0 Å². The van der Waals surface area contributed by atoms with E-state index in [2.05, 4.69) is 25.6 Å². The molecular formula is C23H18ClF4N5O2. The lowest BCUT2D eigenvalue weighted by atomic mass is 9.96. The molecule has 1 fully saturated rings. The zero-order valence-electron chi connectivity index (χ0n) is 18.0. The molecule has 1 aliphatic carbocycles. The number of rotatable bonds is 8. The van der Waals surface area contributed by atoms with E-state index in [9.17, 15) is 27.2 Å². The molecule has 2 aromatic heterocycles. The Balaban J connectivity index is 1.39. The van der Waals surface area contributed by atoms with Gasteiger partial charge in [0.2, 0.25) is 5.91 Å². The van der Waals surface area contributed by atoms with Gasteiger partial charge in [-0.25, -0.2) is 14.4 Å². The van der Waals surface area contributed by atoms with Gasteiger partial charge in [-0.15, -0.1) is 0 Å². The third-order valence-corrected chi connectivity index (χ3v) is 5.94. The van der Waals surface area contributed by atoms with Crippen LogP contribution in [-0.4, -0.2) is 26.6 Å². The molecule has 0 saturated heterocycles. The number of hydrogen-bond donors (Lipinski definition) is 2. The number of pyridine rings is 1. The maximum atomic E-state index is 13.3. The van der Waals surface area contributed by atoms with Crippen LogP contribution in [0.1, 0.15) is 40.9 Å². The summed E-state index contributed by atoms with van der Waals surface area (Å²) in [7, 11) is 0. The summed E-state index contributed by atoms with van der Waals surface area (Å²) in [5.41, 5.74) is -1.57. The monoisotopic (exact) mass is 507 g/mol. The number of hydrogen-bond acceptors (Lipinski definition) is 6. The maximum absolute atomic E-state index is 13.3. The van der Waals surface area contributed by atoms with E-state index in [1.54, 1.807) is 0 Å². The zero-order valence-corrected chi connectivity index (χ0v) is 18.8. The van der Waals surface area contributed by atoms with Gasteiger partial charge in [-0.2, -0.15) is 13.2 Å². The van der Waals surface area contributed by atoms with Gasteiger partial charge in [0.05, 0.1) is 51.4 Å². The topological polar surface area (TPSA) is 96.9 Å². The van der Waals surface area contributed by atoms with Gasteiger partial charge in [0, 0.05) is 18.8 Å². The van der Waals surface area contributed by atoms with E-state index < -0.39 is 23.0 Å². The number of Topliss-reactive ketones (excluding diaryl/α,β-unsaturated/α-hetero) is 1. The van der Waals surface area contributed by atoms with Gasteiger partial charge in [0.1, 0.15) is 12.1 Å². The fourth-order valence-electron chi connectivity index (χ4n) is 3.52. The molecule has 7 nitrogen and oxygen atoms in total. The number of amides is 1. The van der Waals surface area contributed by atoms with E-state index in [1.165, 1.54) is 31.0 Å². The minimum absolute atomic E-state index is 0.0232. The summed E-state index contributed by atoms with van der Waals surface area (Å²) in [5, 5.41) is 5.37. The van der Waals surface area contributed by atoms with E-state index in [0.717, 1.165) is 12.1 Å². The average molecular weight is 508 g/mol. The number of ketones is 1. The number of halogens is 5. The Morgan fingerprint density at radius 2 is 1.80 bits per heavy atom. The third kappa shape index (κ3) is 5.73. The average Bonchev–Trinajstić information content (AvgIpc) is 3.60. The van der Waals surface area contributed by atoms with Crippen molar-refractivity contribution in [1.82, 2.24) is 20.3 Å². The Morgan fingerprint density at radius 1 is 1.09 bits per heavy atom. The van der Waals surface area contributed by atoms with Crippen LogP contribution in [0.5, 0.6) is 0 Å². The number of aromatic nitrogens is 3. The van der Waals surface area contributed by atoms with Gasteiger partial charge in [0.25, 0.3) is 0 Å². The van der Waals surface area contributed by atoms with Crippen molar-refractivity contribution >= 4 is 34.7 Å². The third-order valence-electron chi connectivity index (χ3n) is 5.62. The van der Waals surface area contributed by atoms with Gasteiger partial charge < -0.3 is 10.6 Å². The largest absolute Gasteiger partial charge is 0.418 e. The molecule has 3 aromatic rings. The Morgan fingerprint density at radius 3 is 2.43 bits per heavy atom. The van der Waals surface area contributed by atoms with E-state index in [0.29, 0.717) is 30.2 Å². The summed E-state index contributed by atoms with van der Waals surface area (Å²) < 4.78 is 52.9. The molecule has 1 saturated carbocycles. The number of benzene rings is 1. The number of nitrogens with zero attached hydrogens (tertiary/aromatic N) is 3. The molecule has 0 aliphatic heterocycles. The first-order valence-electron chi connectivity index (χ1n) is 10.4. The van der Waals surface area contributed by atoms with Crippen molar-refractivity contribution < 1.29 is 27.2 Å². The molecule has 2 N–H and O–H groups in total. The minimum atomic E-state index is -4.76. The highest BCUT2D eigenvalue weighted by molar-refractivity contribution is 6.31. The van der Waals surface area contributed by atoms with Crippen molar-refractivity contribution in [2.24, 2.45) is 5.41 Å². The van der Waals surface area contributed by atoms with Gasteiger partial charge in [-0.3, -0.25) is 14.6 Å². The van der Waals surface area contributed by atoms with Crippen molar-refractivity contribution in [3.63, 3.8) is 0 Å². The van der Waals surface area contributed by atoms with E-state index in [1.807, 2.05) is 0 Å². The summed E-state index contributed by atoms with van der Waals surface area (Å²) in [6.45, 7) is -0.0350. The standard InChI is InChI=1S/C23H18ClF4N5O2/c24-17-6-15(33-18-2-1-14(25)5-16(18)23(26,27)28)10-31-19(17)11-32-21(35)22(3-4-22)7-20(34)13-8-29-12-30-9-13/h1-2,5-6,8-10,12,33H,3-4,7,11H2,(H,32,35). The quantitative estimate of drug-likeness (QED) is 0.325. The zero-order chi connectivity index (χ0) is 25.2. The Labute approximate surface area is 202 Å². The Hall–Kier alpha value is -3.60. The molecule has 1 aliphatic rings. The van der Waals surface area contributed by atoms with Crippen LogP contribution in [0.2, 0.25) is 5.02 Å². The minimum Gasteiger partial charge on any atom is -0.354 e. The predicted octanol–water partition coefficient (Wildman–Crippen LogP) is 5.10. The highest BCUT2D eigenvalue weighted by Crippen LogP contribution is 2.49. The molecular weight excluding hydrogens is 490 g/mol. The SMILES string of the molecule is O=C(CC1(C(=O)NCc2ncc(Nc3ccc(F)cc3C(F)(F)F)cc2Cl)CC1)c1cncnc1. The smallest absolute Gasteiger partial charge is 0.354 e. The first kappa shape index (κ1) is 24.5. The first-order valence-corrected chi connectivity index (χ1v) is 10.8. The molecule has 0 atom stereocenters. The summed E-state index contributed by atoms with van der Waals surface area (Å²) in [5.74, 6) is -1.56. The van der Waals surface area contributed by atoms with E-state index >= 15 is 0 Å². The predicted molar refractivity (Wildman–Crippen MR) is 118 cm³/mol. The molecule has 182 valence electrons. The van der Waals surface area contributed by atoms with Gasteiger partial charge in [-0.05, 0) is 37.1 Å². The second-order valence-electron chi connectivity index (χ2n) is 8.16. The second-order valence-corrected chi connectivity index (χ2v) is 8.56. The summed E-state index contributed by atoms with van der Waals surface area (Å²) in [4.78, 5) is 36.9. The van der Waals surface area contributed by atoms with Crippen LogP contribution >= 0.6 is 11.6 Å². The molecule has 0 unspecified atom stereocenters. The van der Waals surface area contributed by atoms with Gasteiger partial charge >= 0.3 is 6.18 Å². The summed E-state index contributed by atoms with van der Waals surface area (Å²) >= 11 is 6.22. The van der Waals surface area contributed by atoms with E-state index in [4.69, 9.17) is 11.6 Å². The van der Waals surface area contributed by atoms with Crippen LogP contribution in [0.15, 0.2) is 49.2 Å². The molecule has 0 spiro atoms. The van der Waals surface area contributed by atoms with Crippen molar-refractivity contribution in [2.45, 2.75) is 32.0 Å². The highest BCUT2D eigenvalue weighted by atomic mass is 35.5. The number of nitrogens with one attached hydrogen (secondary N) is 2. The summed E-state index contributed by atoms with van der Waals surface area (Å²) in [6.07, 6.45) is 1.72. The molecule has 0 radical (unpaired) electrons. The van der Waals surface area contributed by atoms with Crippen LogP contribution < -0.4 is 10.6 Å². The van der Waals surface area contributed by atoms with Crippen LogP contribution in [0.4, 0.5) is 28.9 Å². The van der Waals surface area contributed by atoms with Crippen molar-refractivity contribution in [3.05, 3.63) is 76.8 Å². The normalized spacial score (nSPS) is 14.3. The molecule has 1 aromatic carbocycles. The van der Waals surface area contributed by atoms with Crippen molar-refractivity contribution in [3.8, 4) is 0 Å². The fraction of sp³-hybridized carbons (Fsp3) is 0.261.